The van der Waals surface area contributed by atoms with Crippen LogP contribution in [0.3, 0.4) is 0 Å². The molecule has 1 aliphatic rings. The smallest absolute Gasteiger partial charge is 0.121 e. The summed E-state index contributed by atoms with van der Waals surface area (Å²) in [5.41, 5.74) is 0.605. The highest BCUT2D eigenvalue weighted by atomic mass is 16.3. The molecule has 16 heavy (non-hydrogen) atoms. The minimum atomic E-state index is -0.623. The summed E-state index contributed by atoms with van der Waals surface area (Å²) >= 11 is 0. The topological polar surface area (TPSA) is 52.5 Å². The number of para-hydroxylation sites is 1. The van der Waals surface area contributed by atoms with Crippen molar-refractivity contribution in [2.45, 2.75) is 37.8 Å². The molecule has 2 rings (SSSR count). The Bertz CT molecular complexity index is 334. The van der Waals surface area contributed by atoms with Crippen LogP contribution < -0.4 is 5.32 Å². The van der Waals surface area contributed by atoms with Crippen LogP contribution >= 0.6 is 0 Å². The highest BCUT2D eigenvalue weighted by Crippen LogP contribution is 2.24. The molecule has 3 heteroatoms. The summed E-state index contributed by atoms with van der Waals surface area (Å²) in [6.45, 7) is 0.516. The lowest BCUT2D eigenvalue weighted by Gasteiger charge is -2.17. The summed E-state index contributed by atoms with van der Waals surface area (Å²) in [6.07, 6.45) is 4.34. The van der Waals surface area contributed by atoms with Crippen LogP contribution in [0.1, 0.15) is 37.4 Å². The SMILES string of the molecule is Oc1ccccc1C(O)CNC1CCCC1. The molecule has 0 aliphatic heterocycles. The van der Waals surface area contributed by atoms with Crippen LogP contribution in [0.5, 0.6) is 5.75 Å². The standard InChI is InChI=1S/C13H19NO2/c15-12-8-4-3-7-11(12)13(16)9-14-10-5-1-2-6-10/h3-4,7-8,10,13-16H,1-2,5-6,9H2. The van der Waals surface area contributed by atoms with Gasteiger partial charge in [0.05, 0.1) is 6.10 Å². The van der Waals surface area contributed by atoms with Gasteiger partial charge in [0.25, 0.3) is 0 Å². The predicted molar refractivity (Wildman–Crippen MR) is 63.3 cm³/mol. The van der Waals surface area contributed by atoms with Crippen LogP contribution in [-0.2, 0) is 0 Å². The van der Waals surface area contributed by atoms with Crippen LogP contribution in [0.2, 0.25) is 0 Å². The van der Waals surface area contributed by atoms with Crippen molar-refractivity contribution in [1.82, 2.24) is 5.32 Å². The molecule has 0 amide bonds. The Kier molecular flexibility index (Phi) is 3.80. The van der Waals surface area contributed by atoms with Gasteiger partial charge in [0.2, 0.25) is 0 Å². The lowest BCUT2D eigenvalue weighted by molar-refractivity contribution is 0.166. The van der Waals surface area contributed by atoms with E-state index in [0.29, 0.717) is 18.2 Å². The molecule has 0 bridgehead atoms. The maximum absolute atomic E-state index is 9.94. The van der Waals surface area contributed by atoms with E-state index in [2.05, 4.69) is 5.32 Å². The summed E-state index contributed by atoms with van der Waals surface area (Å²) in [7, 11) is 0. The first-order valence-corrected chi connectivity index (χ1v) is 5.96. The second kappa shape index (κ2) is 5.32. The second-order valence-electron chi connectivity index (χ2n) is 4.46. The molecule has 1 aromatic rings. The molecule has 1 aliphatic carbocycles. The molecule has 0 radical (unpaired) electrons. The van der Waals surface area contributed by atoms with Crippen molar-refractivity contribution in [3.8, 4) is 5.75 Å². The summed E-state index contributed by atoms with van der Waals surface area (Å²) in [5, 5.41) is 22.9. The first-order chi connectivity index (χ1) is 7.77. The molecule has 3 N–H and O–H groups in total. The van der Waals surface area contributed by atoms with Gasteiger partial charge in [0.1, 0.15) is 5.75 Å². The average Bonchev–Trinajstić information content (AvgIpc) is 2.79. The third kappa shape index (κ3) is 2.74. The van der Waals surface area contributed by atoms with Crippen LogP contribution in [0, 0.1) is 0 Å². The summed E-state index contributed by atoms with van der Waals surface area (Å²) < 4.78 is 0. The lowest BCUT2D eigenvalue weighted by Crippen LogP contribution is -2.30. The number of aromatic hydroxyl groups is 1. The van der Waals surface area contributed by atoms with E-state index >= 15 is 0 Å². The minimum Gasteiger partial charge on any atom is -0.508 e. The van der Waals surface area contributed by atoms with E-state index in [1.807, 2.05) is 6.07 Å². The van der Waals surface area contributed by atoms with Crippen molar-refractivity contribution in [3.05, 3.63) is 29.8 Å². The molecule has 1 aromatic carbocycles. The van der Waals surface area contributed by atoms with Gasteiger partial charge in [-0.25, -0.2) is 0 Å². The van der Waals surface area contributed by atoms with Crippen molar-refractivity contribution >= 4 is 0 Å². The van der Waals surface area contributed by atoms with Crippen molar-refractivity contribution in [3.63, 3.8) is 0 Å². The van der Waals surface area contributed by atoms with Gasteiger partial charge in [-0.05, 0) is 18.9 Å². The van der Waals surface area contributed by atoms with Gasteiger partial charge in [-0.1, -0.05) is 31.0 Å². The van der Waals surface area contributed by atoms with Gasteiger partial charge in [0, 0.05) is 18.2 Å². The normalized spacial score (nSPS) is 18.8. The maximum atomic E-state index is 9.94. The molecule has 3 nitrogen and oxygen atoms in total. The lowest BCUT2D eigenvalue weighted by atomic mass is 10.1. The molecular weight excluding hydrogens is 202 g/mol. The fourth-order valence-electron chi connectivity index (χ4n) is 2.29. The fraction of sp³-hybridized carbons (Fsp3) is 0.538. The second-order valence-corrected chi connectivity index (χ2v) is 4.46. The van der Waals surface area contributed by atoms with Crippen molar-refractivity contribution in [2.75, 3.05) is 6.54 Å². The van der Waals surface area contributed by atoms with Gasteiger partial charge in [-0.3, -0.25) is 0 Å². The Morgan fingerprint density at radius 3 is 2.62 bits per heavy atom. The van der Waals surface area contributed by atoms with Crippen molar-refractivity contribution in [2.24, 2.45) is 0 Å². The Labute approximate surface area is 96.1 Å². The van der Waals surface area contributed by atoms with E-state index in [1.165, 1.54) is 25.7 Å². The minimum absolute atomic E-state index is 0.170. The van der Waals surface area contributed by atoms with E-state index in [4.69, 9.17) is 0 Å². The third-order valence-electron chi connectivity index (χ3n) is 3.25. The van der Waals surface area contributed by atoms with Crippen LogP contribution in [0.15, 0.2) is 24.3 Å². The first kappa shape index (κ1) is 11.4. The molecule has 1 fully saturated rings. The van der Waals surface area contributed by atoms with Crippen LogP contribution in [-0.4, -0.2) is 22.8 Å². The molecule has 0 saturated heterocycles. The number of rotatable bonds is 4. The van der Waals surface area contributed by atoms with Crippen LogP contribution in [0.25, 0.3) is 0 Å². The third-order valence-corrected chi connectivity index (χ3v) is 3.25. The Balaban J connectivity index is 1.87. The molecule has 1 saturated carbocycles. The van der Waals surface area contributed by atoms with Gasteiger partial charge in [0.15, 0.2) is 0 Å². The zero-order chi connectivity index (χ0) is 11.4. The average molecular weight is 221 g/mol. The Morgan fingerprint density at radius 2 is 1.94 bits per heavy atom. The maximum Gasteiger partial charge on any atom is 0.121 e. The number of phenols is 1. The van der Waals surface area contributed by atoms with Crippen molar-refractivity contribution in [1.29, 1.82) is 0 Å². The first-order valence-electron chi connectivity index (χ1n) is 5.96. The molecular formula is C13H19NO2. The van der Waals surface area contributed by atoms with Gasteiger partial charge in [-0.15, -0.1) is 0 Å². The molecule has 0 heterocycles. The number of hydrogen-bond donors (Lipinski definition) is 3. The molecule has 88 valence electrons. The van der Waals surface area contributed by atoms with E-state index in [-0.39, 0.29) is 5.75 Å². The largest absolute Gasteiger partial charge is 0.508 e. The number of phenolic OH excluding ortho intramolecular Hbond substituents is 1. The Hall–Kier alpha value is -1.06. The zero-order valence-corrected chi connectivity index (χ0v) is 9.39. The summed E-state index contributed by atoms with van der Waals surface area (Å²) in [5.74, 6) is 0.170. The fourth-order valence-corrected chi connectivity index (χ4v) is 2.29. The summed E-state index contributed by atoms with van der Waals surface area (Å²) in [6, 6.07) is 7.49. The number of hydrogen-bond acceptors (Lipinski definition) is 3. The molecule has 0 spiro atoms. The highest BCUT2D eigenvalue weighted by molar-refractivity contribution is 5.33. The van der Waals surface area contributed by atoms with Gasteiger partial charge < -0.3 is 15.5 Å². The van der Waals surface area contributed by atoms with E-state index in [0.717, 1.165) is 0 Å². The van der Waals surface area contributed by atoms with Crippen LogP contribution in [0.4, 0.5) is 0 Å². The molecule has 1 unspecified atom stereocenters. The monoisotopic (exact) mass is 221 g/mol. The van der Waals surface area contributed by atoms with Crippen molar-refractivity contribution < 1.29 is 10.2 Å². The van der Waals surface area contributed by atoms with E-state index in [9.17, 15) is 10.2 Å². The quantitative estimate of drug-likeness (QED) is 0.728. The van der Waals surface area contributed by atoms with E-state index < -0.39 is 6.10 Å². The number of aliphatic hydroxyl groups excluding tert-OH is 1. The van der Waals surface area contributed by atoms with Gasteiger partial charge >= 0.3 is 0 Å². The van der Waals surface area contributed by atoms with E-state index in [1.54, 1.807) is 18.2 Å². The number of benzene rings is 1. The predicted octanol–water partition coefficient (Wildman–Crippen LogP) is 1.96. The number of aliphatic hydroxyl groups is 1. The zero-order valence-electron chi connectivity index (χ0n) is 9.39. The molecule has 1 atom stereocenters. The molecule has 0 aromatic heterocycles. The number of nitrogens with one attached hydrogen (secondary N) is 1. The Morgan fingerprint density at radius 1 is 1.25 bits per heavy atom. The van der Waals surface area contributed by atoms with Gasteiger partial charge in [-0.2, -0.15) is 0 Å². The highest BCUT2D eigenvalue weighted by Gasteiger charge is 2.17. The summed E-state index contributed by atoms with van der Waals surface area (Å²) in [4.78, 5) is 0.